The smallest absolute Gasteiger partial charge is 0.337 e. The average molecular weight is 323 g/mol. The van der Waals surface area contributed by atoms with Gasteiger partial charge in [-0.3, -0.25) is 0 Å². The van der Waals surface area contributed by atoms with Crippen LogP contribution in [0.5, 0.6) is 0 Å². The molecule has 0 aliphatic rings. The number of ether oxygens (including phenoxy) is 1. The monoisotopic (exact) mass is 323 g/mol. The van der Waals surface area contributed by atoms with E-state index in [1.807, 2.05) is 0 Å². The summed E-state index contributed by atoms with van der Waals surface area (Å²) in [6, 6.07) is 11.2. The zero-order chi connectivity index (χ0) is 16.2. The lowest BCUT2D eigenvalue weighted by Crippen LogP contribution is -2.23. The van der Waals surface area contributed by atoms with Gasteiger partial charge in [0.15, 0.2) is 0 Å². The lowest BCUT2D eigenvalue weighted by Gasteiger charge is -2.08. The molecular weight excluding hydrogens is 309 g/mol. The van der Waals surface area contributed by atoms with Crippen molar-refractivity contribution in [1.82, 2.24) is 4.72 Å². The summed E-state index contributed by atoms with van der Waals surface area (Å²) in [7, 11) is -2.55. The maximum atomic E-state index is 13.5. The standard InChI is InChI=1S/C15H14FNO4S/c1-21-15(18)11-6-8-13(9-7-11)22(19,20)17-10-12-4-2-3-5-14(12)16/h2-9,17H,10H2,1H3. The van der Waals surface area contributed by atoms with Gasteiger partial charge in [-0.15, -0.1) is 0 Å². The van der Waals surface area contributed by atoms with Gasteiger partial charge in [-0.25, -0.2) is 22.3 Å². The number of hydrogen-bond acceptors (Lipinski definition) is 4. The molecule has 0 aromatic heterocycles. The molecule has 2 rings (SSSR count). The average Bonchev–Trinajstić information content (AvgIpc) is 2.53. The number of carbonyl (C=O) groups excluding carboxylic acids is 1. The molecule has 0 radical (unpaired) electrons. The van der Waals surface area contributed by atoms with Crippen LogP contribution in [0.1, 0.15) is 15.9 Å². The number of benzene rings is 2. The van der Waals surface area contributed by atoms with Crippen LogP contribution in [0.2, 0.25) is 0 Å². The zero-order valence-corrected chi connectivity index (χ0v) is 12.6. The second kappa shape index (κ2) is 6.67. The van der Waals surface area contributed by atoms with E-state index in [0.29, 0.717) is 0 Å². The molecule has 0 spiro atoms. The second-order valence-electron chi connectivity index (χ2n) is 4.43. The topological polar surface area (TPSA) is 72.5 Å². The first kappa shape index (κ1) is 16.1. The number of hydrogen-bond donors (Lipinski definition) is 1. The van der Waals surface area contributed by atoms with Crippen LogP contribution in [0.4, 0.5) is 4.39 Å². The maximum absolute atomic E-state index is 13.5. The molecule has 0 unspecified atom stereocenters. The van der Waals surface area contributed by atoms with Crippen LogP contribution in [0.25, 0.3) is 0 Å². The minimum absolute atomic E-state index is 0.0171. The molecule has 0 saturated heterocycles. The van der Waals surface area contributed by atoms with Crippen molar-refractivity contribution in [3.63, 3.8) is 0 Å². The van der Waals surface area contributed by atoms with Crippen LogP contribution in [0, 0.1) is 5.82 Å². The number of rotatable bonds is 5. The fourth-order valence-electron chi connectivity index (χ4n) is 1.79. The summed E-state index contributed by atoms with van der Waals surface area (Å²) in [4.78, 5) is 11.3. The molecule has 2 aromatic rings. The van der Waals surface area contributed by atoms with Crippen molar-refractivity contribution in [3.05, 3.63) is 65.5 Å². The molecule has 0 atom stereocenters. The Balaban J connectivity index is 2.13. The minimum Gasteiger partial charge on any atom is -0.465 e. The Morgan fingerprint density at radius 3 is 2.36 bits per heavy atom. The maximum Gasteiger partial charge on any atom is 0.337 e. The quantitative estimate of drug-likeness (QED) is 0.855. The third-order valence-electron chi connectivity index (χ3n) is 3.00. The molecule has 0 aliphatic heterocycles. The molecule has 0 fully saturated rings. The van der Waals surface area contributed by atoms with E-state index < -0.39 is 21.8 Å². The van der Waals surface area contributed by atoms with Crippen LogP contribution in [-0.2, 0) is 21.3 Å². The lowest BCUT2D eigenvalue weighted by molar-refractivity contribution is 0.0600. The molecule has 22 heavy (non-hydrogen) atoms. The number of carbonyl (C=O) groups is 1. The molecule has 0 bridgehead atoms. The van der Waals surface area contributed by atoms with Crippen LogP contribution in [-0.4, -0.2) is 21.5 Å². The van der Waals surface area contributed by atoms with Gasteiger partial charge in [-0.2, -0.15) is 0 Å². The summed E-state index contributed by atoms with van der Waals surface area (Å²) < 4.78 is 44.5. The first-order valence-electron chi connectivity index (χ1n) is 6.35. The zero-order valence-electron chi connectivity index (χ0n) is 11.7. The van der Waals surface area contributed by atoms with Gasteiger partial charge in [-0.1, -0.05) is 18.2 Å². The van der Waals surface area contributed by atoms with Gasteiger partial charge in [0.05, 0.1) is 17.6 Å². The van der Waals surface area contributed by atoms with Crippen molar-refractivity contribution >= 4 is 16.0 Å². The van der Waals surface area contributed by atoms with Crippen LogP contribution >= 0.6 is 0 Å². The van der Waals surface area contributed by atoms with Crippen molar-refractivity contribution in [3.8, 4) is 0 Å². The first-order chi connectivity index (χ1) is 10.4. The molecule has 0 aliphatic carbocycles. The molecular formula is C15H14FNO4S. The van der Waals surface area contributed by atoms with Gasteiger partial charge in [0.1, 0.15) is 5.82 Å². The van der Waals surface area contributed by atoms with Gasteiger partial charge in [0.2, 0.25) is 10.0 Å². The summed E-state index contributed by atoms with van der Waals surface area (Å²) in [6.45, 7) is -0.159. The van der Waals surface area contributed by atoms with Gasteiger partial charge in [-0.05, 0) is 30.3 Å². The van der Waals surface area contributed by atoms with Crippen molar-refractivity contribution in [1.29, 1.82) is 0 Å². The summed E-state index contributed by atoms with van der Waals surface area (Å²) >= 11 is 0. The van der Waals surface area contributed by atoms with Crippen molar-refractivity contribution in [2.45, 2.75) is 11.4 Å². The highest BCUT2D eigenvalue weighted by Gasteiger charge is 2.15. The van der Waals surface area contributed by atoms with Gasteiger partial charge in [0, 0.05) is 12.1 Å². The van der Waals surface area contributed by atoms with E-state index in [9.17, 15) is 17.6 Å². The highest BCUT2D eigenvalue weighted by Crippen LogP contribution is 2.13. The Morgan fingerprint density at radius 1 is 1.14 bits per heavy atom. The van der Waals surface area contributed by atoms with E-state index in [1.54, 1.807) is 6.07 Å². The third kappa shape index (κ3) is 3.69. The SMILES string of the molecule is COC(=O)c1ccc(S(=O)(=O)NCc2ccccc2F)cc1. The highest BCUT2D eigenvalue weighted by molar-refractivity contribution is 7.89. The Bertz CT molecular complexity index is 772. The molecule has 0 heterocycles. The Hall–Kier alpha value is -2.25. The Kier molecular flexibility index (Phi) is 4.89. The molecule has 1 N–H and O–H groups in total. The van der Waals surface area contributed by atoms with Gasteiger partial charge in [0.25, 0.3) is 0 Å². The third-order valence-corrected chi connectivity index (χ3v) is 4.41. The van der Waals surface area contributed by atoms with E-state index in [4.69, 9.17) is 0 Å². The fraction of sp³-hybridized carbons (Fsp3) is 0.133. The lowest BCUT2D eigenvalue weighted by atomic mass is 10.2. The number of methoxy groups -OCH3 is 1. The Morgan fingerprint density at radius 2 is 1.77 bits per heavy atom. The molecule has 5 nitrogen and oxygen atoms in total. The number of esters is 1. The predicted octanol–water partition coefficient (Wildman–Crippen LogP) is 2.09. The summed E-state index contributed by atoms with van der Waals surface area (Å²) in [5.74, 6) is -1.03. The first-order valence-corrected chi connectivity index (χ1v) is 7.84. The van der Waals surface area contributed by atoms with E-state index >= 15 is 0 Å². The minimum atomic E-state index is -3.79. The van der Waals surface area contributed by atoms with Crippen molar-refractivity contribution in [2.75, 3.05) is 7.11 Å². The summed E-state index contributed by atoms with van der Waals surface area (Å²) in [5, 5.41) is 0. The summed E-state index contributed by atoms with van der Waals surface area (Å²) in [6.07, 6.45) is 0. The van der Waals surface area contributed by atoms with E-state index in [2.05, 4.69) is 9.46 Å². The predicted molar refractivity (Wildman–Crippen MR) is 78.2 cm³/mol. The molecule has 0 amide bonds. The second-order valence-corrected chi connectivity index (χ2v) is 6.20. The van der Waals surface area contributed by atoms with E-state index in [0.717, 1.165) is 0 Å². The van der Waals surface area contributed by atoms with Crippen molar-refractivity contribution < 1.29 is 22.3 Å². The Labute approximate surface area is 127 Å². The molecule has 116 valence electrons. The number of nitrogens with one attached hydrogen (secondary N) is 1. The van der Waals surface area contributed by atoms with Crippen LogP contribution in [0.3, 0.4) is 0 Å². The van der Waals surface area contributed by atoms with Gasteiger partial charge < -0.3 is 4.74 Å². The fourth-order valence-corrected chi connectivity index (χ4v) is 2.79. The normalized spacial score (nSPS) is 11.2. The molecule has 0 saturated carbocycles. The highest BCUT2D eigenvalue weighted by atomic mass is 32.2. The van der Waals surface area contributed by atoms with Crippen molar-refractivity contribution in [2.24, 2.45) is 0 Å². The summed E-state index contributed by atoms with van der Waals surface area (Å²) in [5.41, 5.74) is 0.493. The largest absolute Gasteiger partial charge is 0.465 e. The van der Waals surface area contributed by atoms with Gasteiger partial charge >= 0.3 is 5.97 Å². The van der Waals surface area contributed by atoms with E-state index in [1.165, 1.54) is 49.6 Å². The van der Waals surface area contributed by atoms with E-state index in [-0.39, 0.29) is 22.6 Å². The number of halogens is 1. The van der Waals surface area contributed by atoms with Crippen LogP contribution in [0.15, 0.2) is 53.4 Å². The molecule has 7 heteroatoms. The molecule has 2 aromatic carbocycles. The van der Waals surface area contributed by atoms with Crippen LogP contribution < -0.4 is 4.72 Å². The number of sulfonamides is 1.